The summed E-state index contributed by atoms with van der Waals surface area (Å²) < 4.78 is 1.96. The number of hydrogen-bond acceptors (Lipinski definition) is 4. The van der Waals surface area contributed by atoms with Gasteiger partial charge in [-0.1, -0.05) is 42.5 Å². The van der Waals surface area contributed by atoms with Crippen LogP contribution < -0.4 is 5.32 Å². The molecule has 0 radical (unpaired) electrons. The topological polar surface area (TPSA) is 63.1 Å². The Morgan fingerprint density at radius 3 is 2.56 bits per heavy atom. The third kappa shape index (κ3) is 3.34. The molecule has 6 rings (SSSR count). The van der Waals surface area contributed by atoms with E-state index >= 15 is 0 Å². The molecule has 1 N–H and O–H groups in total. The molecule has 4 aromatic rings. The van der Waals surface area contributed by atoms with Gasteiger partial charge in [-0.25, -0.2) is 0 Å². The SMILES string of the molecule is O=C1c2ccccc2N[C@@H](c2cn(Cc3ccccc3)nc2-c2cccnc2)N1C1CC1. The largest absolute Gasteiger partial charge is 0.361 e. The number of anilines is 1. The number of hydrogen-bond donors (Lipinski definition) is 1. The van der Waals surface area contributed by atoms with Gasteiger partial charge in [-0.3, -0.25) is 14.5 Å². The second kappa shape index (κ2) is 7.64. The van der Waals surface area contributed by atoms with Crippen LogP contribution in [0, 0.1) is 0 Å². The summed E-state index contributed by atoms with van der Waals surface area (Å²) >= 11 is 0. The van der Waals surface area contributed by atoms with Crippen LogP contribution in [-0.2, 0) is 6.54 Å². The lowest BCUT2D eigenvalue weighted by atomic mass is 10.0. The van der Waals surface area contributed by atoms with Gasteiger partial charge in [0, 0.05) is 41.4 Å². The van der Waals surface area contributed by atoms with Gasteiger partial charge in [-0.2, -0.15) is 5.10 Å². The average molecular weight is 422 g/mol. The summed E-state index contributed by atoms with van der Waals surface area (Å²) in [6.07, 6.45) is 7.46. The zero-order valence-electron chi connectivity index (χ0n) is 17.6. The van der Waals surface area contributed by atoms with E-state index in [4.69, 9.17) is 5.10 Å². The third-order valence-corrected chi connectivity index (χ3v) is 6.11. The van der Waals surface area contributed by atoms with Crippen LogP contribution in [0.15, 0.2) is 85.3 Å². The summed E-state index contributed by atoms with van der Waals surface area (Å²) in [7, 11) is 0. The number of nitrogens with one attached hydrogen (secondary N) is 1. The molecule has 0 saturated heterocycles. The minimum atomic E-state index is -0.273. The fourth-order valence-electron chi connectivity index (χ4n) is 4.44. The van der Waals surface area contributed by atoms with Gasteiger partial charge in [-0.05, 0) is 42.7 Å². The van der Waals surface area contributed by atoms with Crippen LogP contribution in [0.3, 0.4) is 0 Å². The molecule has 6 nitrogen and oxygen atoms in total. The van der Waals surface area contributed by atoms with Crippen LogP contribution in [-0.4, -0.2) is 31.6 Å². The van der Waals surface area contributed by atoms with Crippen molar-refractivity contribution in [3.8, 4) is 11.3 Å². The summed E-state index contributed by atoms with van der Waals surface area (Å²) in [5, 5.41) is 8.58. The van der Waals surface area contributed by atoms with Crippen LogP contribution >= 0.6 is 0 Å². The van der Waals surface area contributed by atoms with Crippen molar-refractivity contribution >= 4 is 11.6 Å². The van der Waals surface area contributed by atoms with Crippen molar-refractivity contribution in [1.82, 2.24) is 19.7 Å². The first-order valence-corrected chi connectivity index (χ1v) is 11.0. The van der Waals surface area contributed by atoms with E-state index in [0.29, 0.717) is 6.54 Å². The van der Waals surface area contributed by atoms with Crippen molar-refractivity contribution < 1.29 is 4.79 Å². The number of carbonyl (C=O) groups is 1. The van der Waals surface area contributed by atoms with Crippen molar-refractivity contribution in [2.24, 2.45) is 0 Å². The molecule has 2 aliphatic rings. The summed E-state index contributed by atoms with van der Waals surface area (Å²) in [5.41, 5.74) is 5.56. The van der Waals surface area contributed by atoms with Crippen molar-refractivity contribution in [2.75, 3.05) is 5.32 Å². The average Bonchev–Trinajstić information content (AvgIpc) is 3.59. The second-order valence-electron chi connectivity index (χ2n) is 8.39. The zero-order chi connectivity index (χ0) is 21.5. The fourth-order valence-corrected chi connectivity index (χ4v) is 4.44. The zero-order valence-corrected chi connectivity index (χ0v) is 17.6. The van der Waals surface area contributed by atoms with Crippen LogP contribution in [0.2, 0.25) is 0 Å². The van der Waals surface area contributed by atoms with E-state index in [-0.39, 0.29) is 18.1 Å². The quantitative estimate of drug-likeness (QED) is 0.506. The molecule has 2 aromatic heterocycles. The predicted molar refractivity (Wildman–Crippen MR) is 123 cm³/mol. The van der Waals surface area contributed by atoms with Gasteiger partial charge in [0.15, 0.2) is 0 Å². The first-order valence-electron chi connectivity index (χ1n) is 11.0. The number of amides is 1. The maximum absolute atomic E-state index is 13.5. The molecule has 0 bridgehead atoms. The van der Waals surface area contributed by atoms with Gasteiger partial charge in [0.05, 0.1) is 12.1 Å². The predicted octanol–water partition coefficient (Wildman–Crippen LogP) is 4.72. The van der Waals surface area contributed by atoms with E-state index in [2.05, 4.69) is 28.6 Å². The number of carbonyl (C=O) groups excluding carboxylic acids is 1. The maximum atomic E-state index is 13.5. The number of para-hydroxylation sites is 1. The molecule has 158 valence electrons. The highest BCUT2D eigenvalue weighted by Gasteiger charge is 2.43. The first kappa shape index (κ1) is 18.8. The molecule has 3 heterocycles. The number of rotatable bonds is 5. The molecule has 1 saturated carbocycles. The minimum Gasteiger partial charge on any atom is -0.361 e. The monoisotopic (exact) mass is 421 g/mol. The molecule has 1 aliphatic carbocycles. The van der Waals surface area contributed by atoms with Gasteiger partial charge in [0.1, 0.15) is 11.9 Å². The summed E-state index contributed by atoms with van der Waals surface area (Å²) in [6, 6.07) is 22.2. The Morgan fingerprint density at radius 1 is 0.969 bits per heavy atom. The Bertz CT molecular complexity index is 1260. The number of fused-ring (bicyclic) bond motifs is 1. The minimum absolute atomic E-state index is 0.0831. The number of aromatic nitrogens is 3. The van der Waals surface area contributed by atoms with Gasteiger partial charge >= 0.3 is 0 Å². The third-order valence-electron chi connectivity index (χ3n) is 6.11. The second-order valence-corrected chi connectivity index (χ2v) is 8.39. The molecule has 32 heavy (non-hydrogen) atoms. The Kier molecular flexibility index (Phi) is 4.49. The molecule has 0 spiro atoms. The van der Waals surface area contributed by atoms with Crippen molar-refractivity contribution in [1.29, 1.82) is 0 Å². The lowest BCUT2D eigenvalue weighted by Gasteiger charge is -2.38. The van der Waals surface area contributed by atoms with Crippen molar-refractivity contribution in [3.05, 3.63) is 102 Å². The molecule has 1 fully saturated rings. The Labute approximate surface area is 186 Å². The van der Waals surface area contributed by atoms with E-state index in [1.54, 1.807) is 6.20 Å². The molecule has 2 aromatic carbocycles. The number of pyridine rings is 1. The van der Waals surface area contributed by atoms with Gasteiger partial charge in [-0.15, -0.1) is 0 Å². The highest BCUT2D eigenvalue weighted by Crippen LogP contribution is 2.42. The van der Waals surface area contributed by atoms with Gasteiger partial charge < -0.3 is 10.2 Å². The van der Waals surface area contributed by atoms with Crippen molar-refractivity contribution in [2.45, 2.75) is 31.6 Å². The Morgan fingerprint density at radius 2 is 1.78 bits per heavy atom. The smallest absolute Gasteiger partial charge is 0.258 e. The summed E-state index contributed by atoms with van der Waals surface area (Å²) in [5.74, 6) is 0.0831. The Hall–Kier alpha value is -3.93. The molecule has 0 unspecified atom stereocenters. The lowest BCUT2D eigenvalue weighted by Crippen LogP contribution is -2.44. The molecule has 1 amide bonds. The van der Waals surface area contributed by atoms with E-state index in [1.807, 2.05) is 70.4 Å². The fraction of sp³-hybridized carbons (Fsp3) is 0.192. The lowest BCUT2D eigenvalue weighted by molar-refractivity contribution is 0.0667. The van der Waals surface area contributed by atoms with E-state index < -0.39 is 0 Å². The van der Waals surface area contributed by atoms with Crippen LogP contribution in [0.1, 0.15) is 40.5 Å². The molecular formula is C26H23N5O. The van der Waals surface area contributed by atoms with Gasteiger partial charge in [0.25, 0.3) is 5.91 Å². The standard InChI is InChI=1S/C26H23N5O/c32-26-21-10-4-5-11-23(21)28-25(31(26)20-12-13-20)22-17-30(16-18-7-2-1-3-8-18)29-24(22)19-9-6-14-27-15-19/h1-11,14-15,17,20,25,28H,12-13,16H2/t25-/m1/s1. The van der Waals surface area contributed by atoms with Crippen LogP contribution in [0.5, 0.6) is 0 Å². The van der Waals surface area contributed by atoms with Crippen LogP contribution in [0.4, 0.5) is 5.69 Å². The van der Waals surface area contributed by atoms with E-state index in [0.717, 1.165) is 40.9 Å². The molecular weight excluding hydrogens is 398 g/mol. The van der Waals surface area contributed by atoms with E-state index in [9.17, 15) is 4.79 Å². The Balaban J connectivity index is 1.47. The van der Waals surface area contributed by atoms with Crippen molar-refractivity contribution in [3.63, 3.8) is 0 Å². The molecule has 1 aliphatic heterocycles. The summed E-state index contributed by atoms with van der Waals surface area (Å²) in [6.45, 7) is 0.661. The highest BCUT2D eigenvalue weighted by atomic mass is 16.2. The number of benzene rings is 2. The summed E-state index contributed by atoms with van der Waals surface area (Å²) in [4.78, 5) is 19.8. The first-order chi connectivity index (χ1) is 15.8. The normalized spacial score (nSPS) is 17.7. The molecule has 6 heteroatoms. The van der Waals surface area contributed by atoms with Crippen LogP contribution in [0.25, 0.3) is 11.3 Å². The number of nitrogens with zero attached hydrogens (tertiary/aromatic N) is 4. The van der Waals surface area contributed by atoms with Gasteiger partial charge in [0.2, 0.25) is 0 Å². The highest BCUT2D eigenvalue weighted by molar-refractivity contribution is 6.02. The van der Waals surface area contributed by atoms with E-state index in [1.165, 1.54) is 5.56 Å². The molecule has 1 atom stereocenters. The maximum Gasteiger partial charge on any atom is 0.258 e.